The van der Waals surface area contributed by atoms with Crippen LogP contribution in [0.1, 0.15) is 26.2 Å². The van der Waals surface area contributed by atoms with Crippen LogP contribution in [0.15, 0.2) is 53.4 Å². The lowest BCUT2D eigenvalue weighted by molar-refractivity contribution is -0.122. The Kier molecular flexibility index (Phi) is 6.31. The van der Waals surface area contributed by atoms with Gasteiger partial charge in [-0.2, -0.15) is 4.31 Å². The number of halogens is 1. The molecule has 0 aromatic heterocycles. The molecule has 0 radical (unpaired) electrons. The fourth-order valence-electron chi connectivity index (χ4n) is 3.00. The Bertz CT molecular complexity index is 925. The van der Waals surface area contributed by atoms with Gasteiger partial charge in [-0.25, -0.2) is 12.8 Å². The molecule has 1 aliphatic rings. The maximum Gasteiger partial charge on any atom is 0.265 e. The fourth-order valence-corrected chi connectivity index (χ4v) is 4.57. The molecule has 0 aliphatic carbocycles. The zero-order chi connectivity index (χ0) is 20.1. The van der Waals surface area contributed by atoms with Crippen molar-refractivity contribution in [3.05, 3.63) is 54.3 Å². The number of ether oxygens (including phenoxy) is 1. The first kappa shape index (κ1) is 20.3. The second-order valence-electron chi connectivity index (χ2n) is 6.70. The lowest BCUT2D eigenvalue weighted by atomic mass is 10.2. The van der Waals surface area contributed by atoms with Crippen molar-refractivity contribution in [2.45, 2.75) is 37.2 Å². The van der Waals surface area contributed by atoms with Crippen molar-refractivity contribution in [1.29, 1.82) is 0 Å². The molecule has 1 N–H and O–H groups in total. The summed E-state index contributed by atoms with van der Waals surface area (Å²) >= 11 is 0. The molecule has 28 heavy (non-hydrogen) atoms. The van der Waals surface area contributed by atoms with Gasteiger partial charge in [0.2, 0.25) is 10.0 Å². The van der Waals surface area contributed by atoms with E-state index in [-0.39, 0.29) is 4.90 Å². The molecule has 1 saturated heterocycles. The van der Waals surface area contributed by atoms with Crippen LogP contribution in [0.2, 0.25) is 0 Å². The van der Waals surface area contributed by atoms with E-state index < -0.39 is 27.9 Å². The molecule has 8 heteroatoms. The number of amides is 1. The van der Waals surface area contributed by atoms with Crippen molar-refractivity contribution in [3.8, 4) is 5.75 Å². The molecule has 1 aliphatic heterocycles. The third kappa shape index (κ3) is 4.88. The van der Waals surface area contributed by atoms with E-state index >= 15 is 0 Å². The van der Waals surface area contributed by atoms with Gasteiger partial charge in [0.05, 0.1) is 4.90 Å². The minimum atomic E-state index is -3.58. The zero-order valence-electron chi connectivity index (χ0n) is 15.6. The highest BCUT2D eigenvalue weighted by molar-refractivity contribution is 7.89. The summed E-state index contributed by atoms with van der Waals surface area (Å²) in [4.78, 5) is 12.5. The Hall–Kier alpha value is -2.45. The quantitative estimate of drug-likeness (QED) is 0.798. The summed E-state index contributed by atoms with van der Waals surface area (Å²) < 4.78 is 45.5. The van der Waals surface area contributed by atoms with Crippen LogP contribution in [-0.2, 0) is 14.8 Å². The molecule has 1 heterocycles. The van der Waals surface area contributed by atoms with Crippen molar-refractivity contribution in [2.24, 2.45) is 0 Å². The highest BCUT2D eigenvalue weighted by Crippen LogP contribution is 2.23. The zero-order valence-corrected chi connectivity index (χ0v) is 16.4. The van der Waals surface area contributed by atoms with Gasteiger partial charge < -0.3 is 10.1 Å². The van der Waals surface area contributed by atoms with E-state index in [1.54, 1.807) is 19.1 Å². The summed E-state index contributed by atoms with van der Waals surface area (Å²) in [6.45, 7) is 2.59. The van der Waals surface area contributed by atoms with E-state index in [9.17, 15) is 17.6 Å². The van der Waals surface area contributed by atoms with Crippen molar-refractivity contribution in [2.75, 3.05) is 18.4 Å². The van der Waals surface area contributed by atoms with Gasteiger partial charge in [0.25, 0.3) is 5.91 Å². The molecule has 1 fully saturated rings. The number of sulfonamides is 1. The first-order valence-electron chi connectivity index (χ1n) is 9.19. The molecule has 2 aromatic carbocycles. The van der Waals surface area contributed by atoms with Crippen molar-refractivity contribution in [3.63, 3.8) is 0 Å². The number of carbonyl (C=O) groups excluding carboxylic acids is 1. The summed E-state index contributed by atoms with van der Waals surface area (Å²) in [5.74, 6) is -0.460. The Labute approximate surface area is 164 Å². The number of rotatable bonds is 6. The molecule has 1 unspecified atom stereocenters. The van der Waals surface area contributed by atoms with Crippen LogP contribution in [0.25, 0.3) is 0 Å². The van der Waals surface area contributed by atoms with Crippen molar-refractivity contribution in [1.82, 2.24) is 4.31 Å². The Morgan fingerprint density at radius 2 is 1.79 bits per heavy atom. The number of carbonyl (C=O) groups is 1. The molecule has 0 saturated carbocycles. The van der Waals surface area contributed by atoms with Crippen LogP contribution >= 0.6 is 0 Å². The third-order valence-electron chi connectivity index (χ3n) is 4.55. The van der Waals surface area contributed by atoms with E-state index in [0.717, 1.165) is 19.3 Å². The number of hydrogen-bond acceptors (Lipinski definition) is 4. The summed E-state index contributed by atoms with van der Waals surface area (Å²) in [5, 5.41) is 2.67. The second kappa shape index (κ2) is 8.70. The summed E-state index contributed by atoms with van der Waals surface area (Å²) in [6.07, 6.45) is 1.91. The maximum absolute atomic E-state index is 13.0. The molecule has 6 nitrogen and oxygen atoms in total. The van der Waals surface area contributed by atoms with Crippen LogP contribution in [0.3, 0.4) is 0 Å². The number of anilines is 1. The first-order chi connectivity index (χ1) is 13.4. The predicted octanol–water partition coefficient (Wildman–Crippen LogP) is 3.41. The molecule has 1 atom stereocenters. The van der Waals surface area contributed by atoms with Gasteiger partial charge in [-0.05, 0) is 62.2 Å². The molecular weight excluding hydrogens is 383 g/mol. The smallest absolute Gasteiger partial charge is 0.265 e. The molecule has 0 bridgehead atoms. The maximum atomic E-state index is 13.0. The van der Waals surface area contributed by atoms with Crippen LogP contribution in [0, 0.1) is 5.82 Å². The van der Waals surface area contributed by atoms with Crippen molar-refractivity contribution >= 4 is 21.6 Å². The highest BCUT2D eigenvalue weighted by Gasteiger charge is 2.26. The average molecular weight is 406 g/mol. The van der Waals surface area contributed by atoms with E-state index in [1.165, 1.54) is 40.7 Å². The van der Waals surface area contributed by atoms with Crippen LogP contribution in [0.4, 0.5) is 10.1 Å². The molecule has 1 amide bonds. The Balaban J connectivity index is 1.68. The number of piperidine rings is 1. The van der Waals surface area contributed by atoms with Gasteiger partial charge in [0.1, 0.15) is 11.6 Å². The average Bonchev–Trinajstić information content (AvgIpc) is 2.70. The summed E-state index contributed by atoms with van der Waals surface area (Å²) in [7, 11) is -3.58. The number of hydrogen-bond donors (Lipinski definition) is 1. The van der Waals surface area contributed by atoms with Crippen LogP contribution in [0.5, 0.6) is 5.75 Å². The molecule has 3 rings (SSSR count). The third-order valence-corrected chi connectivity index (χ3v) is 6.44. The second-order valence-corrected chi connectivity index (χ2v) is 8.63. The van der Waals surface area contributed by atoms with Gasteiger partial charge in [0.15, 0.2) is 6.10 Å². The predicted molar refractivity (Wildman–Crippen MR) is 104 cm³/mol. The van der Waals surface area contributed by atoms with E-state index in [0.29, 0.717) is 24.5 Å². The monoisotopic (exact) mass is 406 g/mol. The largest absolute Gasteiger partial charge is 0.481 e. The summed E-state index contributed by atoms with van der Waals surface area (Å²) in [5.41, 5.74) is 0.373. The van der Waals surface area contributed by atoms with Crippen LogP contribution < -0.4 is 10.1 Å². The first-order valence-corrected chi connectivity index (χ1v) is 10.6. The van der Waals surface area contributed by atoms with Gasteiger partial charge in [-0.3, -0.25) is 4.79 Å². The van der Waals surface area contributed by atoms with Gasteiger partial charge in [0, 0.05) is 18.8 Å². The fraction of sp³-hybridized carbons (Fsp3) is 0.350. The normalized spacial score (nSPS) is 16.4. The number of nitrogens with zero attached hydrogens (tertiary/aromatic N) is 1. The molecule has 0 spiro atoms. The standard InChI is InChI=1S/C20H23FN2O4S/c1-15(27-18-10-8-16(21)9-11-18)20(24)22-17-6-5-7-19(14-17)28(25,26)23-12-3-2-4-13-23/h5-11,14-15H,2-4,12-13H2,1H3,(H,22,24). The van der Waals surface area contributed by atoms with E-state index in [4.69, 9.17) is 4.74 Å². The van der Waals surface area contributed by atoms with Gasteiger partial charge >= 0.3 is 0 Å². The van der Waals surface area contributed by atoms with E-state index in [1.807, 2.05) is 0 Å². The lowest BCUT2D eigenvalue weighted by Gasteiger charge is -2.26. The van der Waals surface area contributed by atoms with E-state index in [2.05, 4.69) is 5.32 Å². The van der Waals surface area contributed by atoms with Gasteiger partial charge in [-0.15, -0.1) is 0 Å². The van der Waals surface area contributed by atoms with Crippen LogP contribution in [-0.4, -0.2) is 37.8 Å². The molecule has 2 aromatic rings. The number of nitrogens with one attached hydrogen (secondary N) is 1. The highest BCUT2D eigenvalue weighted by atomic mass is 32.2. The van der Waals surface area contributed by atoms with Crippen molar-refractivity contribution < 1.29 is 22.3 Å². The topological polar surface area (TPSA) is 75.7 Å². The number of benzene rings is 2. The SMILES string of the molecule is CC(Oc1ccc(F)cc1)C(=O)Nc1cccc(S(=O)(=O)N2CCCCC2)c1. The molecular formula is C20H23FN2O4S. The molecule has 150 valence electrons. The summed E-state index contributed by atoms with van der Waals surface area (Å²) in [6, 6.07) is 11.6. The lowest BCUT2D eigenvalue weighted by Crippen LogP contribution is -2.35. The van der Waals surface area contributed by atoms with Gasteiger partial charge in [-0.1, -0.05) is 12.5 Å². The Morgan fingerprint density at radius 3 is 2.46 bits per heavy atom. The Morgan fingerprint density at radius 1 is 1.11 bits per heavy atom. The minimum absolute atomic E-state index is 0.152. The minimum Gasteiger partial charge on any atom is -0.481 e.